The highest BCUT2D eigenvalue weighted by molar-refractivity contribution is 7.80. The first-order chi connectivity index (χ1) is 24.4. The number of unbranched alkanes of at least 4 members (excludes halogenated alkanes) is 33. The molecule has 0 aliphatic heterocycles. The van der Waals surface area contributed by atoms with Gasteiger partial charge in [-0.1, -0.05) is 206 Å². The highest BCUT2D eigenvalue weighted by atomic mass is 32.1. The zero-order chi connectivity index (χ0) is 35.2. The molecule has 0 heterocycles. The molecule has 0 unspecified atom stereocenters. The minimum absolute atomic E-state index is 0.657. The Balaban J connectivity index is 3.04. The van der Waals surface area contributed by atoms with E-state index in [-0.39, 0.29) is 0 Å². The smallest absolute Gasteiger partial charge is 0.230 e. The lowest BCUT2D eigenvalue weighted by atomic mass is 10.0. The van der Waals surface area contributed by atoms with Gasteiger partial charge in [0.05, 0.1) is 0 Å². The van der Waals surface area contributed by atoms with Gasteiger partial charge in [-0.15, -0.1) is 0 Å². The van der Waals surface area contributed by atoms with Crippen LogP contribution in [0.1, 0.15) is 238 Å². The second-order valence-electron chi connectivity index (χ2n) is 15.1. The Hall–Kier alpha value is 0.447. The summed E-state index contributed by atoms with van der Waals surface area (Å²) >= 11 is 4.22. The third-order valence-electron chi connectivity index (χ3n) is 10.1. The molecular weight excluding hydrogens is 637 g/mol. The minimum Gasteiger partial charge on any atom is -0.417 e. The van der Waals surface area contributed by atoms with E-state index < -0.39 is 0 Å². The monoisotopic (exact) mass is 727 g/mol. The molecule has 0 amide bonds. The van der Waals surface area contributed by atoms with E-state index in [1.807, 2.05) is 0 Å². The number of rotatable bonds is 46. The topological polar surface area (TPSA) is 27.7 Å². The first-order valence-electron chi connectivity index (χ1n) is 22.5. The van der Waals surface area contributed by atoms with Crippen molar-refractivity contribution in [1.82, 2.24) is 0 Å². The van der Waals surface area contributed by atoms with Crippen LogP contribution in [0.3, 0.4) is 0 Å². The molecule has 0 bridgehead atoms. The van der Waals surface area contributed by atoms with Gasteiger partial charge in [0.2, 0.25) is 9.76 Å². The third kappa shape index (κ3) is 48.4. The minimum atomic E-state index is 0.657. The number of hydrogen-bond donors (Lipinski definition) is 1. The van der Waals surface area contributed by atoms with Crippen molar-refractivity contribution in [3.05, 3.63) is 0 Å². The second-order valence-corrected chi connectivity index (χ2v) is 16.6. The van der Waals surface area contributed by atoms with Gasteiger partial charge < -0.3 is 13.9 Å². The zero-order valence-corrected chi connectivity index (χ0v) is 35.5. The Morgan fingerprint density at radius 2 is 0.531 bits per heavy atom. The summed E-state index contributed by atoms with van der Waals surface area (Å²) in [4.78, 5) is 0. The summed E-state index contributed by atoms with van der Waals surface area (Å²) in [5.41, 5.74) is 0. The summed E-state index contributed by atoms with van der Waals surface area (Å²) in [5, 5.41) is 0. The number of thiol groups is 1. The van der Waals surface area contributed by atoms with Crippen LogP contribution >= 0.6 is 12.6 Å². The molecule has 0 aromatic rings. The molecule has 0 aromatic heterocycles. The fraction of sp³-hybridized carbons (Fsp3) is 1.00. The predicted octanol–water partition coefficient (Wildman–Crippen LogP) is 15.1. The maximum Gasteiger partial charge on any atom is 0.230 e. The van der Waals surface area contributed by atoms with E-state index in [2.05, 4.69) is 19.6 Å². The quantitative estimate of drug-likeness (QED) is 0.0384. The summed E-state index contributed by atoms with van der Waals surface area (Å²) in [6.07, 6.45) is 50.1. The van der Waals surface area contributed by atoms with Crippen molar-refractivity contribution in [1.29, 1.82) is 0 Å². The average molecular weight is 727 g/mol. The molecule has 0 spiro atoms. The first kappa shape index (κ1) is 49.4. The Morgan fingerprint density at radius 1 is 0.306 bits per heavy atom. The maximum atomic E-state index is 5.90. The van der Waals surface area contributed by atoms with Crippen LogP contribution in [0.2, 0.25) is 6.04 Å². The highest BCUT2D eigenvalue weighted by Crippen LogP contribution is 2.15. The van der Waals surface area contributed by atoms with E-state index in [0.29, 0.717) is 9.76 Å². The summed E-state index contributed by atoms with van der Waals surface area (Å²) in [7, 11) is 0.657. The molecule has 3 nitrogen and oxygen atoms in total. The number of ether oxygens (including phenoxy) is 2. The SMILES string of the molecule is CCCCCCCCCCCCOCCCCCCCCCCCCCCOCCCCCCCCCCCCCCCCO[Si]CCS. The van der Waals surface area contributed by atoms with Crippen LogP contribution in [0.4, 0.5) is 0 Å². The van der Waals surface area contributed by atoms with Crippen molar-refractivity contribution in [2.24, 2.45) is 0 Å². The average Bonchev–Trinajstić information content (AvgIpc) is 3.11. The number of hydrogen-bond acceptors (Lipinski definition) is 4. The van der Waals surface area contributed by atoms with E-state index in [1.165, 1.54) is 231 Å². The molecule has 0 rings (SSSR count). The van der Waals surface area contributed by atoms with E-state index in [1.54, 1.807) is 0 Å². The lowest BCUT2D eigenvalue weighted by Gasteiger charge is -2.06. The van der Waals surface area contributed by atoms with Crippen molar-refractivity contribution in [2.75, 3.05) is 38.8 Å². The molecule has 2 radical (unpaired) electrons. The molecule has 0 aromatic carbocycles. The Labute approximate surface area is 318 Å². The standard InChI is InChI=1S/C44H90O3SSi/c1-2-3-4-5-6-7-18-23-28-33-38-45-39-35-30-25-20-15-12-13-16-21-26-31-36-41-46-40-34-29-24-19-14-10-8-9-11-17-22-27-32-37-42-47-49-44-43-48/h48H,2-44H2,1H3. The largest absolute Gasteiger partial charge is 0.417 e. The summed E-state index contributed by atoms with van der Waals surface area (Å²) in [6.45, 7) is 7.19. The van der Waals surface area contributed by atoms with Gasteiger partial charge in [-0.25, -0.2) is 0 Å². The van der Waals surface area contributed by atoms with Crippen molar-refractivity contribution in [3.63, 3.8) is 0 Å². The van der Waals surface area contributed by atoms with Gasteiger partial charge in [-0.3, -0.25) is 0 Å². The van der Waals surface area contributed by atoms with Crippen molar-refractivity contribution in [2.45, 2.75) is 244 Å². The van der Waals surface area contributed by atoms with Crippen LogP contribution in [0.15, 0.2) is 0 Å². The Bertz CT molecular complexity index is 506. The van der Waals surface area contributed by atoms with Gasteiger partial charge in [-0.2, -0.15) is 12.6 Å². The molecule has 0 aliphatic carbocycles. The summed E-state index contributed by atoms with van der Waals surface area (Å²) < 4.78 is 17.4. The second kappa shape index (κ2) is 48.4. The van der Waals surface area contributed by atoms with E-state index in [0.717, 1.165) is 44.8 Å². The summed E-state index contributed by atoms with van der Waals surface area (Å²) in [6, 6.07) is 1.11. The van der Waals surface area contributed by atoms with Gasteiger partial charge in [0, 0.05) is 33.0 Å². The molecule has 294 valence electrons. The normalized spacial score (nSPS) is 11.6. The molecule has 5 heteroatoms. The Morgan fingerprint density at radius 3 is 0.776 bits per heavy atom. The summed E-state index contributed by atoms with van der Waals surface area (Å²) in [5.74, 6) is 0.950. The van der Waals surface area contributed by atoms with Gasteiger partial charge in [0.1, 0.15) is 0 Å². The first-order valence-corrected chi connectivity index (χ1v) is 24.3. The highest BCUT2D eigenvalue weighted by Gasteiger charge is 1.98. The third-order valence-corrected chi connectivity index (χ3v) is 11.6. The molecule has 0 N–H and O–H groups in total. The zero-order valence-electron chi connectivity index (χ0n) is 33.6. The molecular formula is C44H90O3SSi. The predicted molar refractivity (Wildman–Crippen MR) is 224 cm³/mol. The van der Waals surface area contributed by atoms with Crippen LogP contribution in [0.5, 0.6) is 0 Å². The van der Waals surface area contributed by atoms with Crippen LogP contribution in [0, 0.1) is 0 Å². The van der Waals surface area contributed by atoms with Crippen molar-refractivity contribution < 1.29 is 13.9 Å². The lowest BCUT2D eigenvalue weighted by molar-refractivity contribution is 0.125. The van der Waals surface area contributed by atoms with Gasteiger partial charge in [0.15, 0.2) is 0 Å². The van der Waals surface area contributed by atoms with Gasteiger partial charge in [0.25, 0.3) is 0 Å². The van der Waals surface area contributed by atoms with Crippen LogP contribution in [-0.2, 0) is 13.9 Å². The molecule has 0 saturated carbocycles. The Kier molecular flexibility index (Phi) is 48.9. The van der Waals surface area contributed by atoms with Gasteiger partial charge in [-0.05, 0) is 43.9 Å². The van der Waals surface area contributed by atoms with Crippen LogP contribution < -0.4 is 0 Å². The molecule has 0 saturated heterocycles. The fourth-order valence-electron chi connectivity index (χ4n) is 6.76. The van der Waals surface area contributed by atoms with E-state index in [4.69, 9.17) is 13.9 Å². The molecule has 0 fully saturated rings. The lowest BCUT2D eigenvalue weighted by Crippen LogP contribution is -2.00. The van der Waals surface area contributed by atoms with Crippen LogP contribution in [-0.4, -0.2) is 48.6 Å². The fourth-order valence-corrected chi connectivity index (χ4v) is 7.56. The van der Waals surface area contributed by atoms with Crippen molar-refractivity contribution in [3.8, 4) is 0 Å². The van der Waals surface area contributed by atoms with Gasteiger partial charge >= 0.3 is 0 Å². The molecule has 0 aliphatic rings. The van der Waals surface area contributed by atoms with E-state index in [9.17, 15) is 0 Å². The van der Waals surface area contributed by atoms with Crippen molar-refractivity contribution >= 4 is 22.4 Å². The molecule has 0 atom stereocenters. The van der Waals surface area contributed by atoms with E-state index >= 15 is 0 Å². The van der Waals surface area contributed by atoms with Crippen LogP contribution in [0.25, 0.3) is 0 Å². The molecule has 49 heavy (non-hydrogen) atoms. The maximum absolute atomic E-state index is 5.90.